The molecule has 10 atom stereocenters. The summed E-state index contributed by atoms with van der Waals surface area (Å²) in [6, 6.07) is 11.1. The molecule has 6 rings (SSSR count). The van der Waals surface area contributed by atoms with E-state index in [4.69, 9.17) is 0 Å². The highest BCUT2D eigenvalue weighted by Gasteiger charge is 2.70. The first-order valence-corrected chi connectivity index (χ1v) is 17.1. The van der Waals surface area contributed by atoms with Gasteiger partial charge < -0.3 is 0 Å². The van der Waals surface area contributed by atoms with Gasteiger partial charge in [-0.3, -0.25) is 0 Å². The van der Waals surface area contributed by atoms with Crippen molar-refractivity contribution >= 4 is 11.8 Å². The highest BCUT2D eigenvalue weighted by molar-refractivity contribution is 7.99. The van der Waals surface area contributed by atoms with Crippen LogP contribution in [0, 0.1) is 62.6 Å². The molecule has 206 valence electrons. The topological polar surface area (TPSA) is 0 Å². The molecule has 0 radical (unpaired) electrons. The number of thioether (sulfide) groups is 1. The average Bonchev–Trinajstić information content (AvgIpc) is 3.20. The molecule has 0 aromatic heterocycles. The summed E-state index contributed by atoms with van der Waals surface area (Å²) >= 11 is 2.10. The van der Waals surface area contributed by atoms with Crippen LogP contribution in [0.1, 0.15) is 119 Å². The molecule has 0 N–H and O–H groups in total. The van der Waals surface area contributed by atoms with Crippen LogP contribution in [0.4, 0.5) is 0 Å². The van der Waals surface area contributed by atoms with Crippen LogP contribution < -0.4 is 0 Å². The zero-order valence-corrected chi connectivity index (χ0v) is 26.1. The van der Waals surface area contributed by atoms with Gasteiger partial charge in [0.25, 0.3) is 0 Å². The molecule has 0 nitrogen and oxygen atoms in total. The normalized spacial score (nSPS) is 49.3. The first-order chi connectivity index (χ1) is 17.5. The standard InChI is InChI=1S/C36H56S/c1-25(24-37-26-12-9-8-10-13-26)27-16-21-33(4)28(27)17-22-35(6)30(33)14-15-31-34(5)20-11-19-32(2,3)29(34)18-23-36(31,35)7/h8-10,12-13,25,27-31H,11,14-24H2,1-7H3/t25-,27-,28+,29+,30-,31-,33+,34+,35-,36-/m1/s1. The molecule has 0 unspecified atom stereocenters. The minimum Gasteiger partial charge on any atom is -0.126 e. The van der Waals surface area contributed by atoms with Crippen molar-refractivity contribution in [1.82, 2.24) is 0 Å². The minimum atomic E-state index is 0.535. The molecule has 0 spiro atoms. The highest BCUT2D eigenvalue weighted by Crippen LogP contribution is 2.78. The molecule has 0 bridgehead atoms. The number of hydrogen-bond acceptors (Lipinski definition) is 1. The lowest BCUT2D eigenvalue weighted by Gasteiger charge is -2.73. The fourth-order valence-electron chi connectivity index (χ4n) is 12.9. The summed E-state index contributed by atoms with van der Waals surface area (Å²) in [4.78, 5) is 1.45. The third-order valence-electron chi connectivity index (χ3n) is 14.7. The van der Waals surface area contributed by atoms with Gasteiger partial charge in [0.1, 0.15) is 0 Å². The fourth-order valence-corrected chi connectivity index (χ4v) is 13.9. The molecule has 1 heteroatoms. The minimum absolute atomic E-state index is 0.535. The van der Waals surface area contributed by atoms with Crippen LogP contribution in [-0.2, 0) is 0 Å². The molecule has 0 heterocycles. The maximum absolute atomic E-state index is 2.82. The number of rotatable bonds is 4. The van der Waals surface area contributed by atoms with Crippen molar-refractivity contribution in [2.75, 3.05) is 5.75 Å². The Morgan fingerprint density at radius 2 is 1.35 bits per heavy atom. The molecule has 5 fully saturated rings. The van der Waals surface area contributed by atoms with Crippen molar-refractivity contribution in [1.29, 1.82) is 0 Å². The lowest BCUT2D eigenvalue weighted by atomic mass is 9.32. The van der Waals surface area contributed by atoms with E-state index in [1.807, 2.05) is 0 Å². The average molecular weight is 521 g/mol. The van der Waals surface area contributed by atoms with E-state index in [0.29, 0.717) is 27.1 Å². The van der Waals surface area contributed by atoms with Crippen LogP contribution in [-0.4, -0.2) is 5.75 Å². The summed E-state index contributed by atoms with van der Waals surface area (Å²) in [5.41, 5.74) is 2.76. The van der Waals surface area contributed by atoms with Crippen LogP contribution in [0.25, 0.3) is 0 Å². The van der Waals surface area contributed by atoms with E-state index in [1.54, 1.807) is 0 Å². The van der Waals surface area contributed by atoms with Crippen molar-refractivity contribution in [3.05, 3.63) is 30.3 Å². The molecule has 5 aliphatic carbocycles. The highest BCUT2D eigenvalue weighted by atomic mass is 32.2. The summed E-state index contributed by atoms with van der Waals surface area (Å²) in [6.45, 7) is 19.0. The summed E-state index contributed by atoms with van der Waals surface area (Å²) in [5.74, 6) is 6.83. The molecular formula is C36H56S. The zero-order valence-electron chi connectivity index (χ0n) is 25.2. The maximum Gasteiger partial charge on any atom is 0.00720 e. The SMILES string of the molecule is C[C@H](CSc1ccccc1)[C@H]1CC[C@]2(C)[C@H]3CC[C@@H]4[C@@]5(C)CCCC(C)(C)[C@@H]5CC[C@@]4(C)[C@]3(C)CC[C@@H]12. The van der Waals surface area contributed by atoms with Crippen LogP contribution in [0.2, 0.25) is 0 Å². The quantitative estimate of drug-likeness (QED) is 0.356. The van der Waals surface area contributed by atoms with E-state index in [1.165, 1.54) is 81.3 Å². The Morgan fingerprint density at radius 1 is 0.703 bits per heavy atom. The Balaban J connectivity index is 1.24. The number of fused-ring (bicyclic) bond motifs is 7. The molecule has 0 saturated heterocycles. The first kappa shape index (κ1) is 26.8. The Labute approximate surface area is 233 Å². The van der Waals surface area contributed by atoms with Gasteiger partial charge in [0, 0.05) is 10.6 Å². The van der Waals surface area contributed by atoms with Crippen molar-refractivity contribution in [3.63, 3.8) is 0 Å². The molecule has 5 aliphatic rings. The smallest absolute Gasteiger partial charge is 0.00720 e. The maximum atomic E-state index is 2.82. The summed E-state index contributed by atoms with van der Waals surface area (Å²) in [7, 11) is 0. The fraction of sp³-hybridized carbons (Fsp3) is 0.833. The first-order valence-electron chi connectivity index (χ1n) is 16.1. The molecular weight excluding hydrogens is 464 g/mol. The van der Waals surface area contributed by atoms with Crippen molar-refractivity contribution in [2.24, 2.45) is 62.6 Å². The predicted molar refractivity (Wildman–Crippen MR) is 161 cm³/mol. The Bertz CT molecular complexity index is 982. The van der Waals surface area contributed by atoms with E-state index in [9.17, 15) is 0 Å². The summed E-state index contributed by atoms with van der Waals surface area (Å²) < 4.78 is 0. The van der Waals surface area contributed by atoms with Gasteiger partial charge in [-0.25, -0.2) is 0 Å². The molecule has 5 saturated carbocycles. The Hall–Kier alpha value is -0.430. The van der Waals surface area contributed by atoms with E-state index in [-0.39, 0.29) is 0 Å². The van der Waals surface area contributed by atoms with Gasteiger partial charge in [0.05, 0.1) is 0 Å². The Kier molecular flexibility index (Phi) is 6.54. The van der Waals surface area contributed by atoms with Crippen molar-refractivity contribution in [3.8, 4) is 0 Å². The van der Waals surface area contributed by atoms with Crippen LogP contribution in [0.3, 0.4) is 0 Å². The van der Waals surface area contributed by atoms with Gasteiger partial charge in [-0.15, -0.1) is 11.8 Å². The molecule has 1 aromatic carbocycles. The van der Waals surface area contributed by atoms with Crippen LogP contribution in [0.15, 0.2) is 35.2 Å². The predicted octanol–water partition coefficient (Wildman–Crippen LogP) is 10.9. The van der Waals surface area contributed by atoms with Crippen LogP contribution >= 0.6 is 11.8 Å². The van der Waals surface area contributed by atoms with E-state index in [2.05, 4.69) is 90.6 Å². The molecule has 1 aromatic rings. The van der Waals surface area contributed by atoms with Gasteiger partial charge in [-0.05, 0) is 139 Å². The van der Waals surface area contributed by atoms with Gasteiger partial charge in [-0.2, -0.15) is 0 Å². The number of benzene rings is 1. The Morgan fingerprint density at radius 3 is 2.05 bits per heavy atom. The van der Waals surface area contributed by atoms with E-state index in [0.717, 1.165) is 35.5 Å². The van der Waals surface area contributed by atoms with Gasteiger partial charge >= 0.3 is 0 Å². The van der Waals surface area contributed by atoms with Crippen LogP contribution in [0.5, 0.6) is 0 Å². The summed E-state index contributed by atoms with van der Waals surface area (Å²) in [5, 5.41) is 0. The van der Waals surface area contributed by atoms with Crippen molar-refractivity contribution < 1.29 is 0 Å². The van der Waals surface area contributed by atoms with Gasteiger partial charge in [-0.1, -0.05) is 73.1 Å². The third kappa shape index (κ3) is 3.81. The molecule has 37 heavy (non-hydrogen) atoms. The van der Waals surface area contributed by atoms with E-state index >= 15 is 0 Å². The van der Waals surface area contributed by atoms with Gasteiger partial charge in [0.2, 0.25) is 0 Å². The largest absolute Gasteiger partial charge is 0.126 e. The second kappa shape index (κ2) is 9.04. The lowest BCUT2D eigenvalue weighted by molar-refractivity contribution is -0.241. The second-order valence-electron chi connectivity index (χ2n) is 16.4. The zero-order chi connectivity index (χ0) is 26.3. The monoisotopic (exact) mass is 520 g/mol. The third-order valence-corrected chi connectivity index (χ3v) is 16.0. The van der Waals surface area contributed by atoms with Crippen molar-refractivity contribution in [2.45, 2.75) is 124 Å². The lowest BCUT2D eigenvalue weighted by Crippen LogP contribution is -2.65. The molecule has 0 aliphatic heterocycles. The van der Waals surface area contributed by atoms with E-state index < -0.39 is 0 Å². The van der Waals surface area contributed by atoms with Gasteiger partial charge in [0.15, 0.2) is 0 Å². The number of hydrogen-bond donors (Lipinski definition) is 0. The summed E-state index contributed by atoms with van der Waals surface area (Å²) in [6.07, 6.45) is 16.4. The molecule has 0 amide bonds. The second-order valence-corrected chi connectivity index (χ2v) is 17.5.